The van der Waals surface area contributed by atoms with Crippen molar-refractivity contribution in [2.24, 2.45) is 0 Å². The predicted molar refractivity (Wildman–Crippen MR) is 129 cm³/mol. The Morgan fingerprint density at radius 3 is 2.21 bits per heavy atom. The molecule has 0 radical (unpaired) electrons. The number of benzene rings is 2. The molecule has 8 nitrogen and oxygen atoms in total. The summed E-state index contributed by atoms with van der Waals surface area (Å²) in [5, 5.41) is 3.06. The fourth-order valence-electron chi connectivity index (χ4n) is 4.36. The van der Waals surface area contributed by atoms with E-state index in [-0.39, 0.29) is 16.8 Å². The summed E-state index contributed by atoms with van der Waals surface area (Å²) in [4.78, 5) is 15.7. The fourth-order valence-corrected chi connectivity index (χ4v) is 5.80. The minimum atomic E-state index is -3.68. The molecule has 4 rings (SSSR count). The summed E-state index contributed by atoms with van der Waals surface area (Å²) in [6.45, 7) is 8.58. The first-order valence-electron chi connectivity index (χ1n) is 11.7. The third-order valence-electron chi connectivity index (χ3n) is 6.47. The van der Waals surface area contributed by atoms with Gasteiger partial charge in [-0.05, 0) is 37.1 Å². The third kappa shape index (κ3) is 5.67. The van der Waals surface area contributed by atoms with Gasteiger partial charge in [0.15, 0.2) is 0 Å². The van der Waals surface area contributed by atoms with Crippen LogP contribution in [-0.4, -0.2) is 82.7 Å². The molecule has 2 aliphatic rings. The van der Waals surface area contributed by atoms with Crippen molar-refractivity contribution in [1.82, 2.24) is 14.5 Å². The summed E-state index contributed by atoms with van der Waals surface area (Å²) in [5.74, 6) is -0.276. The van der Waals surface area contributed by atoms with Gasteiger partial charge in [-0.3, -0.25) is 9.69 Å². The van der Waals surface area contributed by atoms with Crippen LogP contribution in [0.15, 0.2) is 47.4 Å². The number of nitrogens with one attached hydrogen (secondary N) is 1. The van der Waals surface area contributed by atoms with Crippen molar-refractivity contribution in [3.8, 4) is 0 Å². The largest absolute Gasteiger partial charge is 0.379 e. The maximum Gasteiger partial charge on any atom is 0.251 e. The molecule has 2 fully saturated rings. The molecule has 0 aromatic heterocycles. The van der Waals surface area contributed by atoms with E-state index in [0.717, 1.165) is 24.2 Å². The molecule has 2 aliphatic heterocycles. The van der Waals surface area contributed by atoms with E-state index < -0.39 is 10.0 Å². The van der Waals surface area contributed by atoms with Gasteiger partial charge in [0.1, 0.15) is 0 Å². The molecule has 2 aromatic rings. The van der Waals surface area contributed by atoms with Crippen LogP contribution < -0.4 is 5.32 Å². The minimum Gasteiger partial charge on any atom is -0.379 e. The molecule has 2 aromatic carbocycles. The zero-order valence-electron chi connectivity index (χ0n) is 19.8. The van der Waals surface area contributed by atoms with Crippen molar-refractivity contribution in [2.45, 2.75) is 24.8 Å². The van der Waals surface area contributed by atoms with Gasteiger partial charge in [-0.2, -0.15) is 4.31 Å². The van der Waals surface area contributed by atoms with Gasteiger partial charge in [-0.25, -0.2) is 8.42 Å². The second-order valence-corrected chi connectivity index (χ2v) is 10.7. The van der Waals surface area contributed by atoms with Crippen LogP contribution in [-0.2, 0) is 19.5 Å². The van der Waals surface area contributed by atoms with Gasteiger partial charge in [-0.1, -0.05) is 35.9 Å². The Hall–Kier alpha value is -2.30. The van der Waals surface area contributed by atoms with Gasteiger partial charge in [0.25, 0.3) is 5.91 Å². The summed E-state index contributed by atoms with van der Waals surface area (Å²) in [5.41, 5.74) is 3.42. The molecule has 9 heteroatoms. The number of carbonyl (C=O) groups excluding carboxylic acids is 1. The number of hydrogen-bond donors (Lipinski definition) is 1. The molecule has 0 bridgehead atoms. The number of ether oxygens (including phenoxy) is 2. The van der Waals surface area contributed by atoms with Crippen LogP contribution >= 0.6 is 0 Å². The Morgan fingerprint density at radius 2 is 1.56 bits per heavy atom. The molecular formula is C25H33N3O5S. The number of morpholine rings is 2. The summed E-state index contributed by atoms with van der Waals surface area (Å²) in [6.07, 6.45) is 0. The Labute approximate surface area is 201 Å². The fraction of sp³-hybridized carbons (Fsp3) is 0.480. The molecule has 34 heavy (non-hydrogen) atoms. The standard InChI is InChI=1S/C25H33N3O5S/c1-19-3-6-21(7-4-19)24(27-9-13-32-14-10-27)18-26-25(29)23-17-22(8-5-20(23)2)34(30,31)28-11-15-33-16-12-28/h3-8,17,24H,9-16,18H2,1-2H3,(H,26,29). The van der Waals surface area contributed by atoms with Crippen LogP contribution in [0.5, 0.6) is 0 Å². The van der Waals surface area contributed by atoms with E-state index in [2.05, 4.69) is 41.4 Å². The van der Waals surface area contributed by atoms with Crippen molar-refractivity contribution in [3.63, 3.8) is 0 Å². The molecule has 184 valence electrons. The molecule has 2 heterocycles. The topological polar surface area (TPSA) is 88.2 Å². The number of sulfonamides is 1. The number of aryl methyl sites for hydroxylation is 2. The SMILES string of the molecule is Cc1ccc(C(CNC(=O)c2cc(S(=O)(=O)N3CCOCC3)ccc2C)N2CCOCC2)cc1. The molecule has 2 saturated heterocycles. The van der Waals surface area contributed by atoms with E-state index in [9.17, 15) is 13.2 Å². The van der Waals surface area contributed by atoms with E-state index in [4.69, 9.17) is 9.47 Å². The van der Waals surface area contributed by atoms with E-state index in [1.54, 1.807) is 12.1 Å². The minimum absolute atomic E-state index is 0.00835. The first kappa shape index (κ1) is 24.8. The molecule has 1 atom stereocenters. The second kappa shape index (κ2) is 11.0. The first-order chi connectivity index (χ1) is 16.4. The number of rotatable bonds is 7. The van der Waals surface area contributed by atoms with Crippen LogP contribution in [0.1, 0.15) is 33.1 Å². The highest BCUT2D eigenvalue weighted by Gasteiger charge is 2.28. The summed E-state index contributed by atoms with van der Waals surface area (Å²) < 4.78 is 38.4. The Morgan fingerprint density at radius 1 is 0.941 bits per heavy atom. The average molecular weight is 488 g/mol. The molecule has 0 saturated carbocycles. The number of carbonyl (C=O) groups is 1. The summed E-state index contributed by atoms with van der Waals surface area (Å²) in [6, 6.07) is 13.1. The summed E-state index contributed by atoms with van der Waals surface area (Å²) in [7, 11) is -3.68. The van der Waals surface area contributed by atoms with Gasteiger partial charge in [0.2, 0.25) is 10.0 Å². The van der Waals surface area contributed by atoms with Crippen LogP contribution in [0, 0.1) is 13.8 Å². The van der Waals surface area contributed by atoms with Crippen molar-refractivity contribution in [2.75, 3.05) is 59.2 Å². The van der Waals surface area contributed by atoms with Crippen LogP contribution in [0.3, 0.4) is 0 Å². The van der Waals surface area contributed by atoms with Gasteiger partial charge in [0.05, 0.1) is 37.4 Å². The van der Waals surface area contributed by atoms with Crippen LogP contribution in [0.4, 0.5) is 0 Å². The van der Waals surface area contributed by atoms with Crippen LogP contribution in [0.2, 0.25) is 0 Å². The number of amides is 1. The van der Waals surface area contributed by atoms with E-state index in [0.29, 0.717) is 51.6 Å². The maximum atomic E-state index is 13.2. The lowest BCUT2D eigenvalue weighted by Gasteiger charge is -2.35. The average Bonchev–Trinajstić information content (AvgIpc) is 2.86. The Bertz CT molecular complexity index is 1090. The highest BCUT2D eigenvalue weighted by molar-refractivity contribution is 7.89. The van der Waals surface area contributed by atoms with Crippen molar-refractivity contribution >= 4 is 15.9 Å². The first-order valence-corrected chi connectivity index (χ1v) is 13.2. The number of nitrogens with zero attached hydrogens (tertiary/aromatic N) is 2. The maximum absolute atomic E-state index is 13.2. The molecular weight excluding hydrogens is 454 g/mol. The summed E-state index contributed by atoms with van der Waals surface area (Å²) >= 11 is 0. The molecule has 1 unspecified atom stereocenters. The van der Waals surface area contributed by atoms with Gasteiger partial charge in [-0.15, -0.1) is 0 Å². The lowest BCUT2D eigenvalue weighted by molar-refractivity contribution is 0.0162. The lowest BCUT2D eigenvalue weighted by Crippen LogP contribution is -2.44. The van der Waals surface area contributed by atoms with Gasteiger partial charge >= 0.3 is 0 Å². The Balaban J connectivity index is 1.52. The van der Waals surface area contributed by atoms with Crippen molar-refractivity contribution in [3.05, 3.63) is 64.7 Å². The smallest absolute Gasteiger partial charge is 0.251 e. The highest BCUT2D eigenvalue weighted by Crippen LogP contribution is 2.23. The predicted octanol–water partition coefficient (Wildman–Crippen LogP) is 2.13. The molecule has 0 aliphatic carbocycles. The zero-order chi connectivity index (χ0) is 24.1. The molecule has 0 spiro atoms. The van der Waals surface area contributed by atoms with Crippen LogP contribution in [0.25, 0.3) is 0 Å². The second-order valence-electron chi connectivity index (χ2n) is 8.78. The van der Waals surface area contributed by atoms with Gasteiger partial charge in [0, 0.05) is 38.3 Å². The molecule has 1 N–H and O–H groups in total. The normalized spacial score (nSPS) is 19.0. The molecule has 1 amide bonds. The Kier molecular flexibility index (Phi) is 8.00. The van der Waals surface area contributed by atoms with Gasteiger partial charge < -0.3 is 14.8 Å². The van der Waals surface area contributed by atoms with E-state index in [1.807, 2.05) is 6.92 Å². The third-order valence-corrected chi connectivity index (χ3v) is 8.36. The highest BCUT2D eigenvalue weighted by atomic mass is 32.2. The zero-order valence-corrected chi connectivity index (χ0v) is 20.6. The quantitative estimate of drug-likeness (QED) is 0.644. The van der Waals surface area contributed by atoms with E-state index >= 15 is 0 Å². The van der Waals surface area contributed by atoms with Crippen molar-refractivity contribution in [1.29, 1.82) is 0 Å². The van der Waals surface area contributed by atoms with Crippen molar-refractivity contribution < 1.29 is 22.7 Å². The lowest BCUT2D eigenvalue weighted by atomic mass is 10.0. The monoisotopic (exact) mass is 487 g/mol. The number of hydrogen-bond acceptors (Lipinski definition) is 6. The van der Waals surface area contributed by atoms with E-state index in [1.165, 1.54) is 15.9 Å².